The van der Waals surface area contributed by atoms with E-state index in [1.807, 2.05) is 38.7 Å². The maximum absolute atomic E-state index is 9.39. The molecule has 1 unspecified atom stereocenters. The van der Waals surface area contributed by atoms with Gasteiger partial charge in [-0.25, -0.2) is 4.98 Å². The first-order chi connectivity index (χ1) is 9.36. The summed E-state index contributed by atoms with van der Waals surface area (Å²) in [6.07, 6.45) is -0.257. The van der Waals surface area contributed by atoms with Crippen LogP contribution in [-0.2, 0) is 4.74 Å². The molecule has 1 saturated heterocycles. The number of aliphatic hydroxyl groups is 1. The van der Waals surface area contributed by atoms with Crippen molar-refractivity contribution in [1.82, 2.24) is 4.98 Å². The molecule has 1 aromatic rings. The van der Waals surface area contributed by atoms with Crippen molar-refractivity contribution in [3.8, 4) is 6.07 Å². The highest BCUT2D eigenvalue weighted by Gasteiger charge is 2.34. The number of ether oxygens (including phenoxy) is 1. The second kappa shape index (κ2) is 5.39. The van der Waals surface area contributed by atoms with Crippen LogP contribution in [0.1, 0.15) is 30.7 Å². The number of pyridine rings is 1. The molecule has 1 N–H and O–H groups in total. The summed E-state index contributed by atoms with van der Waals surface area (Å²) < 4.78 is 5.81. The molecule has 0 amide bonds. The predicted octanol–water partition coefficient (Wildman–Crippen LogP) is 1.55. The molecule has 1 atom stereocenters. The molecule has 0 aliphatic carbocycles. The maximum Gasteiger partial charge on any atom is 0.147 e. The number of aryl methyl sites for hydroxylation is 2. The normalized spacial score (nSPS) is 21.6. The zero-order valence-electron chi connectivity index (χ0n) is 12.5. The van der Waals surface area contributed by atoms with E-state index < -0.39 is 0 Å². The minimum atomic E-state index is -0.377. The van der Waals surface area contributed by atoms with Gasteiger partial charge in [0.1, 0.15) is 11.9 Å². The summed E-state index contributed by atoms with van der Waals surface area (Å²) in [7, 11) is 0. The van der Waals surface area contributed by atoms with Crippen LogP contribution in [0.2, 0.25) is 0 Å². The van der Waals surface area contributed by atoms with Crippen molar-refractivity contribution in [3.63, 3.8) is 0 Å². The van der Waals surface area contributed by atoms with Gasteiger partial charge in [0.15, 0.2) is 0 Å². The Balaban J connectivity index is 2.43. The van der Waals surface area contributed by atoms with Gasteiger partial charge in [-0.3, -0.25) is 0 Å². The van der Waals surface area contributed by atoms with E-state index in [-0.39, 0.29) is 18.3 Å². The second-order valence-corrected chi connectivity index (χ2v) is 5.95. The highest BCUT2D eigenvalue weighted by atomic mass is 16.5. The van der Waals surface area contributed by atoms with Crippen LogP contribution in [0.4, 0.5) is 5.82 Å². The number of morpholine rings is 1. The molecule has 1 aliphatic rings. The third-order valence-electron chi connectivity index (χ3n) is 3.42. The quantitative estimate of drug-likeness (QED) is 0.886. The number of hydrogen-bond acceptors (Lipinski definition) is 5. The third-order valence-corrected chi connectivity index (χ3v) is 3.42. The van der Waals surface area contributed by atoms with Crippen LogP contribution in [0.3, 0.4) is 0 Å². The van der Waals surface area contributed by atoms with E-state index in [4.69, 9.17) is 4.74 Å². The van der Waals surface area contributed by atoms with Crippen molar-refractivity contribution >= 4 is 5.82 Å². The van der Waals surface area contributed by atoms with Gasteiger partial charge in [-0.1, -0.05) is 0 Å². The van der Waals surface area contributed by atoms with E-state index in [9.17, 15) is 10.4 Å². The number of hydrogen-bond donors (Lipinski definition) is 1. The van der Waals surface area contributed by atoms with Crippen molar-refractivity contribution in [2.75, 3.05) is 24.6 Å². The molecule has 0 aromatic carbocycles. The lowest BCUT2D eigenvalue weighted by Gasteiger charge is -2.43. The fraction of sp³-hybridized carbons (Fsp3) is 0.600. The Kier molecular flexibility index (Phi) is 3.98. The first-order valence-corrected chi connectivity index (χ1v) is 6.78. The van der Waals surface area contributed by atoms with Crippen molar-refractivity contribution < 1.29 is 9.84 Å². The van der Waals surface area contributed by atoms with Crippen LogP contribution in [0.5, 0.6) is 0 Å². The Bertz CT molecular complexity index is 549. The number of aliphatic hydroxyl groups excluding tert-OH is 1. The highest BCUT2D eigenvalue weighted by molar-refractivity contribution is 5.58. The van der Waals surface area contributed by atoms with E-state index in [0.717, 1.165) is 11.3 Å². The van der Waals surface area contributed by atoms with Gasteiger partial charge in [0.05, 0.1) is 23.9 Å². The van der Waals surface area contributed by atoms with Crippen molar-refractivity contribution in [3.05, 3.63) is 22.9 Å². The standard InChI is InChI=1S/C15H21N3O2/c1-10-5-11(2)17-14(13(10)6-16)18-7-12(8-19)20-15(3,4)9-18/h5,12,19H,7-9H2,1-4H3. The Morgan fingerprint density at radius 1 is 1.55 bits per heavy atom. The summed E-state index contributed by atoms with van der Waals surface area (Å²) in [5.41, 5.74) is 2.05. The smallest absolute Gasteiger partial charge is 0.147 e. The van der Waals surface area contributed by atoms with Crippen LogP contribution in [0.15, 0.2) is 6.07 Å². The number of anilines is 1. The maximum atomic E-state index is 9.39. The lowest BCUT2D eigenvalue weighted by Crippen LogP contribution is -2.54. The lowest BCUT2D eigenvalue weighted by molar-refractivity contribution is -0.101. The Morgan fingerprint density at radius 2 is 2.25 bits per heavy atom. The second-order valence-electron chi connectivity index (χ2n) is 5.95. The third kappa shape index (κ3) is 2.92. The monoisotopic (exact) mass is 275 g/mol. The van der Waals surface area contributed by atoms with Crippen LogP contribution in [-0.4, -0.2) is 41.5 Å². The summed E-state index contributed by atoms with van der Waals surface area (Å²) in [6, 6.07) is 4.15. The molecule has 2 rings (SSSR count). The Morgan fingerprint density at radius 3 is 2.85 bits per heavy atom. The molecule has 1 fully saturated rings. The zero-order valence-corrected chi connectivity index (χ0v) is 12.5. The van der Waals surface area contributed by atoms with Gasteiger partial charge in [-0.15, -0.1) is 0 Å². The van der Waals surface area contributed by atoms with E-state index in [0.29, 0.717) is 24.5 Å². The molecule has 1 aliphatic heterocycles. The zero-order chi connectivity index (χ0) is 14.9. The lowest BCUT2D eigenvalue weighted by atomic mass is 10.0. The summed E-state index contributed by atoms with van der Waals surface area (Å²) >= 11 is 0. The van der Waals surface area contributed by atoms with Gasteiger partial charge in [0, 0.05) is 18.8 Å². The van der Waals surface area contributed by atoms with Crippen LogP contribution < -0.4 is 4.90 Å². The van der Waals surface area contributed by atoms with Gasteiger partial charge in [0.25, 0.3) is 0 Å². The number of nitriles is 1. The molecule has 2 heterocycles. The molecule has 1 aromatic heterocycles. The van der Waals surface area contributed by atoms with Crippen molar-refractivity contribution in [2.45, 2.75) is 39.4 Å². The van der Waals surface area contributed by atoms with Gasteiger partial charge in [-0.05, 0) is 39.3 Å². The molecule has 5 heteroatoms. The number of nitrogens with zero attached hydrogens (tertiary/aromatic N) is 3. The SMILES string of the molecule is Cc1cc(C)c(C#N)c(N2CC(CO)OC(C)(C)C2)n1. The Hall–Kier alpha value is -1.64. The molecule has 5 nitrogen and oxygen atoms in total. The van der Waals surface area contributed by atoms with Crippen LogP contribution in [0, 0.1) is 25.2 Å². The topological polar surface area (TPSA) is 69.4 Å². The van der Waals surface area contributed by atoms with Gasteiger partial charge in [-0.2, -0.15) is 5.26 Å². The van der Waals surface area contributed by atoms with Gasteiger partial charge >= 0.3 is 0 Å². The molecular weight excluding hydrogens is 254 g/mol. The van der Waals surface area contributed by atoms with Crippen molar-refractivity contribution in [2.24, 2.45) is 0 Å². The molecular formula is C15H21N3O2. The molecule has 108 valence electrons. The van der Waals surface area contributed by atoms with Gasteiger partial charge in [0.2, 0.25) is 0 Å². The average Bonchev–Trinajstić information content (AvgIpc) is 2.36. The summed E-state index contributed by atoms with van der Waals surface area (Å²) in [4.78, 5) is 6.57. The Labute approximate surface area is 119 Å². The molecule has 0 bridgehead atoms. The van der Waals surface area contributed by atoms with Crippen molar-refractivity contribution in [1.29, 1.82) is 5.26 Å². The highest BCUT2D eigenvalue weighted by Crippen LogP contribution is 2.28. The molecule has 20 heavy (non-hydrogen) atoms. The van der Waals surface area contributed by atoms with Gasteiger partial charge < -0.3 is 14.7 Å². The summed E-state index contributed by atoms with van der Waals surface area (Å²) in [5, 5.41) is 18.8. The van der Waals surface area contributed by atoms with E-state index in [1.54, 1.807) is 0 Å². The molecule has 0 spiro atoms. The van der Waals surface area contributed by atoms with Crippen LogP contribution >= 0.6 is 0 Å². The fourth-order valence-electron chi connectivity index (χ4n) is 2.74. The predicted molar refractivity (Wildman–Crippen MR) is 76.7 cm³/mol. The summed E-state index contributed by atoms with van der Waals surface area (Å²) in [5.74, 6) is 0.694. The fourth-order valence-corrected chi connectivity index (χ4v) is 2.74. The molecule has 0 saturated carbocycles. The summed E-state index contributed by atoms with van der Waals surface area (Å²) in [6.45, 7) is 8.97. The van der Waals surface area contributed by atoms with E-state index in [2.05, 4.69) is 11.1 Å². The van der Waals surface area contributed by atoms with E-state index >= 15 is 0 Å². The van der Waals surface area contributed by atoms with Crippen LogP contribution in [0.25, 0.3) is 0 Å². The van der Waals surface area contributed by atoms with E-state index in [1.165, 1.54) is 0 Å². The number of aromatic nitrogens is 1. The minimum Gasteiger partial charge on any atom is -0.394 e. The number of rotatable bonds is 2. The largest absolute Gasteiger partial charge is 0.394 e. The minimum absolute atomic E-state index is 0.0351. The molecule has 0 radical (unpaired) electrons. The average molecular weight is 275 g/mol. The first kappa shape index (κ1) is 14.8. The first-order valence-electron chi connectivity index (χ1n) is 6.78.